The van der Waals surface area contributed by atoms with Crippen molar-refractivity contribution >= 4 is 11.4 Å². The smallest absolute Gasteiger partial charge is 0.228 e. The third-order valence-electron chi connectivity index (χ3n) is 7.35. The Kier molecular flexibility index (Phi) is 6.54. The van der Waals surface area contributed by atoms with Crippen LogP contribution in [0.3, 0.4) is 0 Å². The minimum Gasteiger partial charge on any atom is -0.506 e. The molecule has 0 saturated carbocycles. The van der Waals surface area contributed by atoms with Crippen molar-refractivity contribution in [2.75, 3.05) is 0 Å². The quantitative estimate of drug-likeness (QED) is 0.346. The highest BCUT2D eigenvalue weighted by Crippen LogP contribution is 2.46. The van der Waals surface area contributed by atoms with Crippen LogP contribution < -0.4 is 10.8 Å². The van der Waals surface area contributed by atoms with Crippen molar-refractivity contribution in [3.63, 3.8) is 0 Å². The van der Waals surface area contributed by atoms with Gasteiger partial charge in [-0.1, -0.05) is 111 Å². The van der Waals surface area contributed by atoms with E-state index in [0.29, 0.717) is 17.2 Å². The molecule has 5 N–H and O–H groups in total. The van der Waals surface area contributed by atoms with Crippen molar-refractivity contribution in [3.8, 4) is 0 Å². The fourth-order valence-electron chi connectivity index (χ4n) is 4.83. The molecular formula is C30H35N3O+2. The molecule has 2 aromatic carbocycles. The topological polar surface area (TPSA) is 74.8 Å². The second-order valence-corrected chi connectivity index (χ2v) is 10.2. The summed E-state index contributed by atoms with van der Waals surface area (Å²) in [5.41, 5.74) is 7.07. The number of benzene rings is 2. The first-order valence-corrected chi connectivity index (χ1v) is 11.8. The predicted molar refractivity (Wildman–Crippen MR) is 139 cm³/mol. The van der Waals surface area contributed by atoms with Gasteiger partial charge in [0.25, 0.3) is 0 Å². The van der Waals surface area contributed by atoms with Crippen LogP contribution in [-0.2, 0) is 10.8 Å². The third kappa shape index (κ3) is 4.59. The van der Waals surface area contributed by atoms with Crippen molar-refractivity contribution < 1.29 is 15.9 Å². The van der Waals surface area contributed by atoms with Gasteiger partial charge in [0.2, 0.25) is 5.71 Å². The monoisotopic (exact) mass is 453 g/mol. The molecule has 2 aromatic rings. The van der Waals surface area contributed by atoms with E-state index in [2.05, 4.69) is 87.4 Å². The molecule has 4 nitrogen and oxygen atoms in total. The van der Waals surface area contributed by atoms with E-state index in [9.17, 15) is 5.11 Å². The number of quaternary nitrogens is 1. The van der Waals surface area contributed by atoms with Gasteiger partial charge in [-0.2, -0.15) is 5.43 Å². The highest BCUT2D eigenvalue weighted by Gasteiger charge is 2.42. The second kappa shape index (κ2) is 9.40. The van der Waals surface area contributed by atoms with Crippen molar-refractivity contribution in [1.82, 2.24) is 0 Å². The van der Waals surface area contributed by atoms with Gasteiger partial charge in [0.05, 0.1) is 0 Å². The van der Waals surface area contributed by atoms with E-state index >= 15 is 0 Å². The SMILES string of the molecule is CC(C)(C1=CC([NH2+]N=C2C=CC=CC2=[NH2+])=C(O)C(C(C)(C)c2ccccc2)C1)c1ccccc1. The fourth-order valence-corrected chi connectivity index (χ4v) is 4.83. The number of aliphatic hydroxyl groups excluding tert-OH is 1. The Bertz CT molecular complexity index is 1210. The largest absolute Gasteiger partial charge is 0.506 e. The molecule has 0 bridgehead atoms. The molecule has 1 unspecified atom stereocenters. The number of aliphatic hydroxyl groups is 1. The number of nitrogens with two attached hydrogens (primary N) is 2. The normalized spacial score (nSPS) is 20.1. The first-order valence-electron chi connectivity index (χ1n) is 11.8. The Hall–Kier alpha value is -3.50. The molecule has 4 rings (SSSR count). The molecule has 0 fully saturated rings. The van der Waals surface area contributed by atoms with Crippen LogP contribution in [0.2, 0.25) is 0 Å². The van der Waals surface area contributed by atoms with Gasteiger partial charge in [-0.3, -0.25) is 5.41 Å². The third-order valence-corrected chi connectivity index (χ3v) is 7.35. The van der Waals surface area contributed by atoms with Crippen molar-refractivity contribution in [1.29, 1.82) is 0 Å². The molecule has 0 radical (unpaired) electrons. The zero-order valence-electron chi connectivity index (χ0n) is 20.5. The van der Waals surface area contributed by atoms with Crippen LogP contribution in [0.1, 0.15) is 45.2 Å². The summed E-state index contributed by atoms with van der Waals surface area (Å²) in [6.45, 7) is 8.94. The first kappa shape index (κ1) is 23.7. The molecule has 0 amide bonds. The summed E-state index contributed by atoms with van der Waals surface area (Å²) >= 11 is 0. The summed E-state index contributed by atoms with van der Waals surface area (Å²) in [4.78, 5) is 0. The highest BCUT2D eigenvalue weighted by molar-refractivity contribution is 6.48. The zero-order valence-corrected chi connectivity index (χ0v) is 20.5. The number of nitrogens with zero attached hydrogens (tertiary/aromatic N) is 1. The lowest BCUT2D eigenvalue weighted by atomic mass is 9.64. The lowest BCUT2D eigenvalue weighted by molar-refractivity contribution is -0.610. The fraction of sp³-hybridized carbons (Fsp3) is 0.267. The second-order valence-electron chi connectivity index (χ2n) is 10.2. The molecule has 2 aliphatic rings. The molecule has 0 saturated heterocycles. The number of hydrogen-bond donors (Lipinski definition) is 3. The average Bonchev–Trinajstić information content (AvgIpc) is 2.85. The molecule has 174 valence electrons. The standard InChI is InChI=1S/C30H33N3O/c1-29(2,21-13-7-5-8-14-21)23-19-24(30(3,4)22-15-9-6-10-16-22)28(34)27(20-23)33-32-26-18-12-11-17-25(26)31/h5-18,20,24,31,33-34H,19H2,1-4H3/p+2. The molecule has 4 heteroatoms. The van der Waals surface area contributed by atoms with Gasteiger partial charge in [0, 0.05) is 28.9 Å². The molecule has 2 aliphatic carbocycles. The lowest BCUT2D eigenvalue weighted by Crippen LogP contribution is -2.77. The van der Waals surface area contributed by atoms with Crippen LogP contribution in [0.15, 0.2) is 113 Å². The Labute approximate surface area is 202 Å². The van der Waals surface area contributed by atoms with E-state index in [-0.39, 0.29) is 16.7 Å². The molecule has 1 atom stereocenters. The minimum absolute atomic E-state index is 0.0903. The van der Waals surface area contributed by atoms with Crippen molar-refractivity contribution in [2.45, 2.75) is 44.9 Å². The molecule has 0 aromatic heterocycles. The Morgan fingerprint density at radius 3 is 2.09 bits per heavy atom. The first-order chi connectivity index (χ1) is 16.2. The van der Waals surface area contributed by atoms with Crippen LogP contribution >= 0.6 is 0 Å². The molecule has 0 spiro atoms. The Balaban J connectivity index is 1.78. The molecular weight excluding hydrogens is 418 g/mol. The Morgan fingerprint density at radius 2 is 1.47 bits per heavy atom. The van der Waals surface area contributed by atoms with E-state index < -0.39 is 0 Å². The molecule has 34 heavy (non-hydrogen) atoms. The van der Waals surface area contributed by atoms with Crippen molar-refractivity contribution in [3.05, 3.63) is 119 Å². The van der Waals surface area contributed by atoms with Gasteiger partial charge in [0.1, 0.15) is 0 Å². The van der Waals surface area contributed by atoms with Gasteiger partial charge < -0.3 is 5.11 Å². The van der Waals surface area contributed by atoms with E-state index in [1.807, 2.05) is 36.4 Å². The maximum atomic E-state index is 11.5. The maximum absolute atomic E-state index is 11.5. The predicted octanol–water partition coefficient (Wildman–Crippen LogP) is 3.90. The summed E-state index contributed by atoms with van der Waals surface area (Å²) < 4.78 is 0. The Morgan fingerprint density at radius 1 is 0.882 bits per heavy atom. The van der Waals surface area contributed by atoms with Crippen molar-refractivity contribution in [2.24, 2.45) is 11.0 Å². The number of hydrogen-bond acceptors (Lipinski definition) is 2. The van der Waals surface area contributed by atoms with Crippen LogP contribution in [0.4, 0.5) is 0 Å². The summed E-state index contributed by atoms with van der Waals surface area (Å²) in [6.07, 6.45) is 10.4. The maximum Gasteiger partial charge on any atom is 0.228 e. The summed E-state index contributed by atoms with van der Waals surface area (Å²) in [7, 11) is 0. The van der Waals surface area contributed by atoms with Crippen LogP contribution in [0, 0.1) is 5.92 Å². The summed E-state index contributed by atoms with van der Waals surface area (Å²) in [6, 6.07) is 21.0. The summed E-state index contributed by atoms with van der Waals surface area (Å²) in [5, 5.41) is 22.3. The average molecular weight is 454 g/mol. The van der Waals surface area contributed by atoms with Gasteiger partial charge in [-0.25, -0.2) is 0 Å². The van der Waals surface area contributed by atoms with E-state index in [1.165, 1.54) is 16.7 Å². The van der Waals surface area contributed by atoms with Crippen LogP contribution in [0.25, 0.3) is 0 Å². The highest BCUT2D eigenvalue weighted by atomic mass is 16.3. The van der Waals surface area contributed by atoms with Crippen LogP contribution in [0.5, 0.6) is 0 Å². The summed E-state index contributed by atoms with van der Waals surface area (Å²) in [5.74, 6) is 0.284. The molecule has 0 aliphatic heterocycles. The van der Waals surface area contributed by atoms with Gasteiger partial charge in [-0.05, 0) is 23.6 Å². The van der Waals surface area contributed by atoms with Gasteiger partial charge in [0.15, 0.2) is 17.2 Å². The number of rotatable bonds is 6. The lowest BCUT2D eigenvalue weighted by Gasteiger charge is -2.40. The molecule has 0 heterocycles. The zero-order chi connectivity index (χ0) is 24.3. The number of allylic oxidation sites excluding steroid dienone is 7. The van der Waals surface area contributed by atoms with E-state index in [1.54, 1.807) is 5.43 Å². The van der Waals surface area contributed by atoms with E-state index in [0.717, 1.165) is 12.1 Å². The van der Waals surface area contributed by atoms with Gasteiger partial charge in [-0.15, -0.1) is 0 Å². The van der Waals surface area contributed by atoms with Crippen LogP contribution in [-0.4, -0.2) is 16.5 Å². The van der Waals surface area contributed by atoms with Gasteiger partial charge >= 0.3 is 0 Å². The minimum atomic E-state index is -0.275. The van der Waals surface area contributed by atoms with E-state index in [4.69, 9.17) is 5.41 Å².